The molecule has 0 saturated heterocycles. The highest BCUT2D eigenvalue weighted by Gasteiger charge is 2.31. The number of esters is 1. The lowest BCUT2D eigenvalue weighted by Crippen LogP contribution is -2.30. The molecule has 0 radical (unpaired) electrons. The Kier molecular flexibility index (Phi) is 9.21. The van der Waals surface area contributed by atoms with E-state index in [-0.39, 0.29) is 34.4 Å². The van der Waals surface area contributed by atoms with Crippen molar-refractivity contribution in [3.05, 3.63) is 52.5 Å². The quantitative estimate of drug-likeness (QED) is 0.279. The summed E-state index contributed by atoms with van der Waals surface area (Å²) in [6, 6.07) is 8.96. The van der Waals surface area contributed by atoms with Gasteiger partial charge < -0.3 is 14.2 Å². The first kappa shape index (κ1) is 25.3. The van der Waals surface area contributed by atoms with Crippen LogP contribution in [0.5, 0.6) is 17.2 Å². The summed E-state index contributed by atoms with van der Waals surface area (Å²) in [5.74, 6) is -0.255. The van der Waals surface area contributed by atoms with Crippen molar-refractivity contribution in [2.24, 2.45) is 0 Å². The van der Waals surface area contributed by atoms with Crippen LogP contribution in [0.1, 0.15) is 50.7 Å². The average molecular weight is 470 g/mol. The zero-order chi connectivity index (χ0) is 23.7. The highest BCUT2D eigenvalue weighted by molar-refractivity contribution is 6.32. The number of nitrogens with zero attached hydrogens (tertiary/aromatic N) is 1. The molecular formula is C23H23ClF3NO4. The molecule has 32 heavy (non-hydrogen) atoms. The fourth-order valence-corrected chi connectivity index (χ4v) is 2.91. The van der Waals surface area contributed by atoms with Crippen LogP contribution in [0.15, 0.2) is 36.4 Å². The zero-order valence-corrected chi connectivity index (χ0v) is 18.4. The number of carbonyl (C=O) groups is 1. The van der Waals surface area contributed by atoms with Crippen LogP contribution in [-0.4, -0.2) is 18.7 Å². The van der Waals surface area contributed by atoms with E-state index in [1.807, 2.05) is 19.9 Å². The first-order chi connectivity index (χ1) is 15.2. The van der Waals surface area contributed by atoms with Crippen LogP contribution in [0.25, 0.3) is 0 Å². The van der Waals surface area contributed by atoms with Gasteiger partial charge in [0, 0.05) is 6.07 Å². The molecule has 0 aliphatic rings. The second-order valence-electron chi connectivity index (χ2n) is 6.93. The Hall–Kier alpha value is -2.92. The Morgan fingerprint density at radius 1 is 1.12 bits per heavy atom. The molecular weight excluding hydrogens is 447 g/mol. The summed E-state index contributed by atoms with van der Waals surface area (Å²) >= 11 is 5.94. The number of benzene rings is 2. The Morgan fingerprint density at radius 2 is 1.88 bits per heavy atom. The monoisotopic (exact) mass is 469 g/mol. The number of carbonyl (C=O) groups excluding carboxylic acids is 1. The first-order valence-electron chi connectivity index (χ1n) is 10.1. The third kappa shape index (κ3) is 7.06. The summed E-state index contributed by atoms with van der Waals surface area (Å²) in [5.41, 5.74) is -0.735. The fraction of sp³-hybridized carbons (Fsp3) is 0.391. The molecule has 0 aromatic heterocycles. The third-order valence-corrected chi connectivity index (χ3v) is 4.68. The van der Waals surface area contributed by atoms with Gasteiger partial charge in [0.25, 0.3) is 0 Å². The van der Waals surface area contributed by atoms with Gasteiger partial charge in [-0.2, -0.15) is 18.4 Å². The molecule has 0 amide bonds. The summed E-state index contributed by atoms with van der Waals surface area (Å²) in [4.78, 5) is 12.4. The maximum atomic E-state index is 12.8. The van der Waals surface area contributed by atoms with Crippen molar-refractivity contribution in [2.45, 2.75) is 51.8 Å². The van der Waals surface area contributed by atoms with Crippen LogP contribution in [0.3, 0.4) is 0 Å². The van der Waals surface area contributed by atoms with Crippen LogP contribution in [0.4, 0.5) is 13.2 Å². The van der Waals surface area contributed by atoms with E-state index < -0.39 is 23.8 Å². The molecule has 9 heteroatoms. The summed E-state index contributed by atoms with van der Waals surface area (Å²) in [7, 11) is 0. The van der Waals surface area contributed by atoms with Crippen LogP contribution >= 0.6 is 11.6 Å². The number of rotatable bonds is 10. The van der Waals surface area contributed by atoms with Crippen LogP contribution in [0, 0.1) is 11.3 Å². The second kappa shape index (κ2) is 11.6. The van der Waals surface area contributed by atoms with Gasteiger partial charge in [-0.1, -0.05) is 38.3 Å². The van der Waals surface area contributed by atoms with Gasteiger partial charge in [0.1, 0.15) is 23.3 Å². The second-order valence-corrected chi connectivity index (χ2v) is 7.34. The zero-order valence-electron chi connectivity index (χ0n) is 17.7. The van der Waals surface area contributed by atoms with E-state index in [0.29, 0.717) is 12.8 Å². The van der Waals surface area contributed by atoms with Gasteiger partial charge >= 0.3 is 12.1 Å². The minimum Gasteiger partial charge on any atom is -0.477 e. The van der Waals surface area contributed by atoms with Gasteiger partial charge in [0.15, 0.2) is 6.10 Å². The van der Waals surface area contributed by atoms with Gasteiger partial charge in [-0.05, 0) is 43.2 Å². The van der Waals surface area contributed by atoms with Gasteiger partial charge in [0.05, 0.1) is 22.8 Å². The summed E-state index contributed by atoms with van der Waals surface area (Å²) in [6.45, 7) is 4.13. The molecule has 172 valence electrons. The molecule has 0 fully saturated rings. The fourth-order valence-electron chi connectivity index (χ4n) is 2.69. The van der Waals surface area contributed by atoms with E-state index >= 15 is 0 Å². The summed E-state index contributed by atoms with van der Waals surface area (Å²) in [6.07, 6.45) is -2.81. The molecule has 0 spiro atoms. The van der Waals surface area contributed by atoms with Crippen molar-refractivity contribution in [1.29, 1.82) is 5.26 Å². The van der Waals surface area contributed by atoms with Gasteiger partial charge in [0.2, 0.25) is 0 Å². The molecule has 2 rings (SSSR count). The molecule has 0 bridgehead atoms. The third-order valence-electron chi connectivity index (χ3n) is 4.39. The predicted molar refractivity (Wildman–Crippen MR) is 113 cm³/mol. The molecule has 0 aliphatic heterocycles. The number of nitriles is 1. The highest BCUT2D eigenvalue weighted by Crippen LogP contribution is 2.37. The molecule has 1 atom stereocenters. The van der Waals surface area contributed by atoms with E-state index in [1.54, 1.807) is 0 Å². The van der Waals surface area contributed by atoms with E-state index in [0.717, 1.165) is 31.0 Å². The molecule has 2 aromatic carbocycles. The maximum Gasteiger partial charge on any atom is 0.416 e. The largest absolute Gasteiger partial charge is 0.477 e. The van der Waals surface area contributed by atoms with Crippen LogP contribution in [0.2, 0.25) is 5.02 Å². The van der Waals surface area contributed by atoms with E-state index in [1.165, 1.54) is 18.2 Å². The Bertz CT molecular complexity index is 973. The number of hydrogen-bond acceptors (Lipinski definition) is 5. The summed E-state index contributed by atoms with van der Waals surface area (Å²) < 4.78 is 55.1. The van der Waals surface area contributed by atoms with Crippen LogP contribution in [-0.2, 0) is 15.7 Å². The molecule has 0 heterocycles. The first-order valence-corrected chi connectivity index (χ1v) is 10.5. The standard InChI is InChI=1S/C23H23ClF3NO4/c1-3-5-11-30-22(29)20(6-4-2)32-21-13-17(9-7-15(21)14-28)31-19-10-8-16(12-18(19)24)23(25,26)27/h7-10,12-13,20H,3-6,11H2,1-2H3. The maximum absolute atomic E-state index is 12.8. The van der Waals surface area contributed by atoms with E-state index in [4.69, 9.17) is 25.8 Å². The number of unbranched alkanes of at least 4 members (excludes halogenated alkanes) is 1. The van der Waals surface area contributed by atoms with E-state index in [2.05, 4.69) is 0 Å². The molecule has 5 nitrogen and oxygen atoms in total. The van der Waals surface area contributed by atoms with Crippen molar-refractivity contribution in [2.75, 3.05) is 6.61 Å². The lowest BCUT2D eigenvalue weighted by Gasteiger charge is -2.19. The highest BCUT2D eigenvalue weighted by atomic mass is 35.5. The van der Waals surface area contributed by atoms with E-state index in [9.17, 15) is 23.2 Å². The topological polar surface area (TPSA) is 68.6 Å². The van der Waals surface area contributed by atoms with Crippen LogP contribution < -0.4 is 9.47 Å². The minimum atomic E-state index is -4.53. The number of halogens is 4. The van der Waals surface area contributed by atoms with Crippen molar-refractivity contribution in [1.82, 2.24) is 0 Å². The van der Waals surface area contributed by atoms with Gasteiger partial charge in [-0.25, -0.2) is 4.79 Å². The molecule has 0 saturated carbocycles. The normalized spacial score (nSPS) is 12.0. The summed E-state index contributed by atoms with van der Waals surface area (Å²) in [5, 5.41) is 9.16. The van der Waals surface area contributed by atoms with Gasteiger partial charge in [-0.15, -0.1) is 0 Å². The Balaban J connectivity index is 2.24. The number of alkyl halides is 3. The number of ether oxygens (including phenoxy) is 3. The average Bonchev–Trinajstić information content (AvgIpc) is 2.74. The van der Waals surface area contributed by atoms with Crippen molar-refractivity contribution < 1.29 is 32.2 Å². The smallest absolute Gasteiger partial charge is 0.416 e. The predicted octanol–water partition coefficient (Wildman–Crippen LogP) is 6.91. The number of hydrogen-bond donors (Lipinski definition) is 0. The lowest BCUT2D eigenvalue weighted by molar-refractivity contribution is -0.152. The Morgan fingerprint density at radius 3 is 2.47 bits per heavy atom. The van der Waals surface area contributed by atoms with Gasteiger partial charge in [-0.3, -0.25) is 0 Å². The van der Waals surface area contributed by atoms with Crippen molar-refractivity contribution >= 4 is 17.6 Å². The lowest BCUT2D eigenvalue weighted by atomic mass is 10.1. The van der Waals surface area contributed by atoms with Crippen molar-refractivity contribution in [3.63, 3.8) is 0 Å². The molecule has 1 unspecified atom stereocenters. The molecule has 2 aromatic rings. The molecule has 0 aliphatic carbocycles. The Labute approximate surface area is 189 Å². The molecule has 0 N–H and O–H groups in total. The SMILES string of the molecule is CCCCOC(=O)C(CCC)Oc1cc(Oc2ccc(C(F)(F)F)cc2Cl)ccc1C#N. The van der Waals surface area contributed by atoms with Crippen molar-refractivity contribution in [3.8, 4) is 23.3 Å². The minimum absolute atomic E-state index is 0.000548.